The quantitative estimate of drug-likeness (QED) is 0.804. The second-order valence-electron chi connectivity index (χ2n) is 4.21. The first-order chi connectivity index (χ1) is 8.49. The third-order valence-corrected chi connectivity index (χ3v) is 2.90. The predicted molar refractivity (Wildman–Crippen MR) is 59.5 cm³/mol. The Bertz CT molecular complexity index is 491. The average molecular weight is 253 g/mol. The van der Waals surface area contributed by atoms with Crippen LogP contribution in [0.5, 0.6) is 0 Å². The zero-order valence-corrected chi connectivity index (χ0v) is 9.41. The molecule has 0 spiro atoms. The van der Waals surface area contributed by atoms with Crippen LogP contribution in [0.4, 0.5) is 4.39 Å². The van der Waals surface area contributed by atoms with E-state index >= 15 is 0 Å². The fourth-order valence-corrected chi connectivity index (χ4v) is 2.06. The van der Waals surface area contributed by atoms with Gasteiger partial charge in [0.2, 0.25) is 0 Å². The van der Waals surface area contributed by atoms with Crippen molar-refractivity contribution in [3.8, 4) is 0 Å². The topological polar surface area (TPSA) is 77.8 Å². The highest BCUT2D eigenvalue weighted by molar-refractivity contribution is 5.97. The highest BCUT2D eigenvalue weighted by Gasteiger charge is 2.39. The molecular weight excluding hydrogens is 241 g/mol. The molecule has 1 heterocycles. The van der Waals surface area contributed by atoms with Crippen LogP contribution >= 0.6 is 0 Å². The number of β-amino-alcohol motifs (C(OH)–C–C–N with tert-alkyl or cyclic N) is 1. The Hall–Kier alpha value is -1.95. The molecule has 1 aliphatic heterocycles. The second-order valence-corrected chi connectivity index (χ2v) is 4.21. The number of likely N-dealkylation sites (tertiary alicyclic amines) is 1. The molecule has 1 amide bonds. The van der Waals surface area contributed by atoms with E-state index in [2.05, 4.69) is 0 Å². The number of carboxylic acid groups (broad SMARTS) is 1. The molecule has 5 nitrogen and oxygen atoms in total. The highest BCUT2D eigenvalue weighted by atomic mass is 19.1. The number of benzene rings is 1. The number of aliphatic carboxylic acids is 1. The Morgan fingerprint density at radius 2 is 2.11 bits per heavy atom. The Balaban J connectivity index is 2.25. The van der Waals surface area contributed by atoms with Crippen molar-refractivity contribution in [3.05, 3.63) is 35.6 Å². The van der Waals surface area contributed by atoms with E-state index in [-0.39, 0.29) is 18.5 Å². The van der Waals surface area contributed by atoms with Gasteiger partial charge in [-0.15, -0.1) is 0 Å². The normalized spacial score (nSPS) is 23.1. The number of halogens is 1. The maximum atomic E-state index is 13.0. The lowest BCUT2D eigenvalue weighted by molar-refractivity contribution is -0.141. The fraction of sp³-hybridized carbons (Fsp3) is 0.333. The summed E-state index contributed by atoms with van der Waals surface area (Å²) in [5, 5.41) is 18.4. The van der Waals surface area contributed by atoms with Crippen molar-refractivity contribution in [1.82, 2.24) is 4.90 Å². The van der Waals surface area contributed by atoms with E-state index in [0.29, 0.717) is 0 Å². The lowest BCUT2D eigenvalue weighted by Crippen LogP contribution is -2.40. The van der Waals surface area contributed by atoms with Crippen molar-refractivity contribution >= 4 is 11.9 Å². The maximum absolute atomic E-state index is 13.0. The SMILES string of the molecule is O=C(O)[C@H]1C[C@@H](O)CN1C(=O)c1cccc(F)c1. The first-order valence-electron chi connectivity index (χ1n) is 5.46. The van der Waals surface area contributed by atoms with Gasteiger partial charge in [-0.1, -0.05) is 6.07 Å². The van der Waals surface area contributed by atoms with Crippen molar-refractivity contribution < 1.29 is 24.2 Å². The third kappa shape index (κ3) is 2.33. The van der Waals surface area contributed by atoms with Crippen LogP contribution in [0, 0.1) is 5.82 Å². The van der Waals surface area contributed by atoms with Gasteiger partial charge >= 0.3 is 5.97 Å². The van der Waals surface area contributed by atoms with E-state index in [1.54, 1.807) is 0 Å². The predicted octanol–water partition coefficient (Wildman–Crippen LogP) is 0.486. The van der Waals surface area contributed by atoms with Gasteiger partial charge in [-0.3, -0.25) is 4.79 Å². The lowest BCUT2D eigenvalue weighted by Gasteiger charge is -2.21. The van der Waals surface area contributed by atoms with E-state index in [4.69, 9.17) is 5.11 Å². The average Bonchev–Trinajstić information content (AvgIpc) is 2.70. The van der Waals surface area contributed by atoms with E-state index in [1.165, 1.54) is 18.2 Å². The summed E-state index contributed by atoms with van der Waals surface area (Å²) < 4.78 is 13.0. The number of hydrogen-bond acceptors (Lipinski definition) is 3. The zero-order valence-electron chi connectivity index (χ0n) is 9.41. The van der Waals surface area contributed by atoms with Crippen molar-refractivity contribution in [2.45, 2.75) is 18.6 Å². The number of rotatable bonds is 2. The van der Waals surface area contributed by atoms with E-state index < -0.39 is 29.8 Å². The second kappa shape index (κ2) is 4.73. The minimum Gasteiger partial charge on any atom is -0.480 e. The maximum Gasteiger partial charge on any atom is 0.326 e. The number of amides is 1. The summed E-state index contributed by atoms with van der Waals surface area (Å²) >= 11 is 0. The first-order valence-corrected chi connectivity index (χ1v) is 5.46. The van der Waals surface area contributed by atoms with Crippen LogP contribution < -0.4 is 0 Å². The van der Waals surface area contributed by atoms with Crippen LogP contribution in [0.2, 0.25) is 0 Å². The molecule has 0 aromatic heterocycles. The largest absolute Gasteiger partial charge is 0.480 e. The molecule has 0 bridgehead atoms. The van der Waals surface area contributed by atoms with Crippen molar-refractivity contribution in [1.29, 1.82) is 0 Å². The molecule has 96 valence electrons. The number of carboxylic acids is 1. The van der Waals surface area contributed by atoms with Gasteiger partial charge in [0.05, 0.1) is 6.10 Å². The minimum absolute atomic E-state index is 0.00358. The smallest absolute Gasteiger partial charge is 0.326 e. The molecule has 1 aromatic rings. The first kappa shape index (κ1) is 12.5. The highest BCUT2D eigenvalue weighted by Crippen LogP contribution is 2.21. The number of nitrogens with zero attached hydrogens (tertiary/aromatic N) is 1. The number of hydrogen-bond donors (Lipinski definition) is 2. The molecule has 0 unspecified atom stereocenters. The Morgan fingerprint density at radius 3 is 2.72 bits per heavy atom. The molecule has 0 radical (unpaired) electrons. The van der Waals surface area contributed by atoms with E-state index in [9.17, 15) is 19.1 Å². The van der Waals surface area contributed by atoms with Gasteiger partial charge in [-0.25, -0.2) is 9.18 Å². The van der Waals surface area contributed by atoms with Crippen LogP contribution in [0.3, 0.4) is 0 Å². The molecule has 1 aliphatic rings. The minimum atomic E-state index is -1.17. The third-order valence-electron chi connectivity index (χ3n) is 2.90. The molecule has 2 atom stereocenters. The van der Waals surface area contributed by atoms with Gasteiger partial charge < -0.3 is 15.1 Å². The molecule has 6 heteroatoms. The molecule has 1 fully saturated rings. The molecule has 0 aliphatic carbocycles. The van der Waals surface area contributed by atoms with Gasteiger partial charge in [0, 0.05) is 18.5 Å². The van der Waals surface area contributed by atoms with Gasteiger partial charge in [-0.05, 0) is 18.2 Å². The van der Waals surface area contributed by atoms with E-state index in [0.717, 1.165) is 11.0 Å². The van der Waals surface area contributed by atoms with Crippen LogP contribution in [-0.4, -0.2) is 45.7 Å². The number of carbonyl (C=O) groups is 2. The van der Waals surface area contributed by atoms with Crippen molar-refractivity contribution in [2.24, 2.45) is 0 Å². The summed E-state index contributed by atoms with van der Waals surface area (Å²) in [6, 6.07) is 3.98. The molecule has 0 saturated carbocycles. The summed E-state index contributed by atoms with van der Waals surface area (Å²) in [5.74, 6) is -2.32. The summed E-state index contributed by atoms with van der Waals surface area (Å²) in [5.41, 5.74) is 0.0790. The number of aliphatic hydroxyl groups excluding tert-OH is 1. The van der Waals surface area contributed by atoms with Crippen molar-refractivity contribution in [3.63, 3.8) is 0 Å². The molecule has 2 N–H and O–H groups in total. The Labute approximate surface area is 102 Å². The van der Waals surface area contributed by atoms with Gasteiger partial charge in [-0.2, -0.15) is 0 Å². The fourth-order valence-electron chi connectivity index (χ4n) is 2.06. The van der Waals surface area contributed by atoms with Crippen molar-refractivity contribution in [2.75, 3.05) is 6.54 Å². The number of carbonyl (C=O) groups excluding carboxylic acids is 1. The molecule has 2 rings (SSSR count). The van der Waals surface area contributed by atoms with Crippen LogP contribution in [0.15, 0.2) is 24.3 Å². The number of aliphatic hydroxyl groups is 1. The summed E-state index contributed by atoms with van der Waals surface area (Å²) in [6.45, 7) is -0.0493. The van der Waals surface area contributed by atoms with Gasteiger partial charge in [0.15, 0.2) is 0 Å². The zero-order chi connectivity index (χ0) is 13.3. The Kier molecular flexibility index (Phi) is 3.29. The standard InChI is InChI=1S/C12H12FNO4/c13-8-3-1-2-7(4-8)11(16)14-6-9(15)5-10(14)12(17)18/h1-4,9-10,15H,5-6H2,(H,17,18)/t9-,10-/m1/s1. The molecule has 18 heavy (non-hydrogen) atoms. The summed E-state index contributed by atoms with van der Waals surface area (Å²) in [7, 11) is 0. The summed E-state index contributed by atoms with van der Waals surface area (Å²) in [4.78, 5) is 24.1. The molecular formula is C12H12FNO4. The lowest BCUT2D eigenvalue weighted by atomic mass is 10.1. The monoisotopic (exact) mass is 253 g/mol. The van der Waals surface area contributed by atoms with Gasteiger partial charge in [0.25, 0.3) is 5.91 Å². The van der Waals surface area contributed by atoms with Crippen LogP contribution in [0.25, 0.3) is 0 Å². The molecule has 1 aromatic carbocycles. The van der Waals surface area contributed by atoms with Crippen LogP contribution in [-0.2, 0) is 4.79 Å². The Morgan fingerprint density at radius 1 is 1.39 bits per heavy atom. The molecule has 1 saturated heterocycles. The van der Waals surface area contributed by atoms with Crippen LogP contribution in [0.1, 0.15) is 16.8 Å². The van der Waals surface area contributed by atoms with E-state index in [1.807, 2.05) is 0 Å². The van der Waals surface area contributed by atoms with Gasteiger partial charge in [0.1, 0.15) is 11.9 Å². The summed E-state index contributed by atoms with van der Waals surface area (Å²) in [6.07, 6.45) is -0.861.